The second-order valence-corrected chi connectivity index (χ2v) is 7.86. The highest BCUT2D eigenvalue weighted by molar-refractivity contribution is 5.91. The van der Waals surface area contributed by atoms with Gasteiger partial charge in [-0.1, -0.05) is 84.9 Å². The molecule has 0 unspecified atom stereocenters. The Bertz CT molecular complexity index is 1430. The van der Waals surface area contributed by atoms with E-state index in [1.54, 1.807) is 4.57 Å². The van der Waals surface area contributed by atoms with Crippen molar-refractivity contribution in [1.82, 2.24) is 9.55 Å². The van der Waals surface area contributed by atoms with Gasteiger partial charge in [0.2, 0.25) is 0 Å². The van der Waals surface area contributed by atoms with Crippen molar-refractivity contribution in [2.24, 2.45) is 0 Å². The molecule has 0 saturated carbocycles. The number of quaternary nitrogens is 1. The molecule has 164 valence electrons. The lowest BCUT2D eigenvalue weighted by molar-refractivity contribution is -0.386. The SMILES string of the molecule is [Cl-].[NH3+]Cc1ccc(-c2nc3ccn(Cc4ccccc4)c(=O)c3cc2-c2ccccc2)cc1. The van der Waals surface area contributed by atoms with Crippen molar-refractivity contribution in [2.45, 2.75) is 13.1 Å². The van der Waals surface area contributed by atoms with Gasteiger partial charge in [-0.05, 0) is 23.3 Å². The van der Waals surface area contributed by atoms with E-state index in [1.807, 2.05) is 66.9 Å². The first kappa shape index (κ1) is 22.5. The van der Waals surface area contributed by atoms with E-state index in [1.165, 1.54) is 5.56 Å². The van der Waals surface area contributed by atoms with Crippen LogP contribution in [0.2, 0.25) is 0 Å². The standard InChI is InChI=1S/C28H23N3O.ClH/c29-18-20-11-13-23(14-12-20)27-24(22-9-5-2-6-10-22)17-25-26(30-27)15-16-31(28(25)32)19-21-7-3-1-4-8-21;/h1-17H,18-19,29H2;1H. The molecule has 5 heteroatoms. The van der Waals surface area contributed by atoms with Crippen LogP contribution in [-0.2, 0) is 13.1 Å². The van der Waals surface area contributed by atoms with Crippen LogP contribution in [0.25, 0.3) is 33.3 Å². The van der Waals surface area contributed by atoms with Crippen molar-refractivity contribution >= 4 is 10.9 Å². The monoisotopic (exact) mass is 453 g/mol. The number of fused-ring (bicyclic) bond motifs is 1. The number of hydrogen-bond donors (Lipinski definition) is 1. The van der Waals surface area contributed by atoms with Crippen molar-refractivity contribution in [2.75, 3.05) is 0 Å². The van der Waals surface area contributed by atoms with E-state index in [0.29, 0.717) is 17.4 Å². The number of halogens is 1. The molecule has 33 heavy (non-hydrogen) atoms. The summed E-state index contributed by atoms with van der Waals surface area (Å²) >= 11 is 0. The van der Waals surface area contributed by atoms with E-state index in [2.05, 4.69) is 42.1 Å². The molecular formula is C28H24ClN3O. The third-order valence-electron chi connectivity index (χ3n) is 5.75. The fourth-order valence-corrected chi connectivity index (χ4v) is 4.00. The van der Waals surface area contributed by atoms with Crippen LogP contribution in [0, 0.1) is 0 Å². The molecule has 5 rings (SSSR count). The molecule has 0 spiro atoms. The normalized spacial score (nSPS) is 10.7. The molecule has 0 aliphatic rings. The molecule has 0 atom stereocenters. The molecule has 0 aliphatic heterocycles. The number of hydrogen-bond acceptors (Lipinski definition) is 2. The maximum Gasteiger partial charge on any atom is 0.260 e. The summed E-state index contributed by atoms with van der Waals surface area (Å²) in [5.41, 5.74) is 10.8. The Morgan fingerprint density at radius 3 is 2.09 bits per heavy atom. The Morgan fingerprint density at radius 2 is 1.42 bits per heavy atom. The smallest absolute Gasteiger partial charge is 0.260 e. The van der Waals surface area contributed by atoms with Gasteiger partial charge in [0.1, 0.15) is 0 Å². The van der Waals surface area contributed by atoms with Gasteiger partial charge in [-0.25, -0.2) is 4.98 Å². The predicted molar refractivity (Wildman–Crippen MR) is 129 cm³/mol. The summed E-state index contributed by atoms with van der Waals surface area (Å²) < 4.78 is 1.75. The summed E-state index contributed by atoms with van der Waals surface area (Å²) in [6.07, 6.45) is 1.84. The maximum absolute atomic E-state index is 13.4. The summed E-state index contributed by atoms with van der Waals surface area (Å²) in [4.78, 5) is 18.3. The quantitative estimate of drug-likeness (QED) is 0.438. The minimum absolute atomic E-state index is 0. The fraction of sp³-hybridized carbons (Fsp3) is 0.0714. The van der Waals surface area contributed by atoms with E-state index in [0.717, 1.165) is 34.5 Å². The summed E-state index contributed by atoms with van der Waals surface area (Å²) in [7, 11) is 0. The van der Waals surface area contributed by atoms with Crippen LogP contribution in [0.15, 0.2) is 108 Å². The van der Waals surface area contributed by atoms with E-state index >= 15 is 0 Å². The Morgan fingerprint density at radius 1 is 0.758 bits per heavy atom. The van der Waals surface area contributed by atoms with E-state index in [4.69, 9.17) is 4.98 Å². The van der Waals surface area contributed by atoms with E-state index < -0.39 is 0 Å². The first-order chi connectivity index (χ1) is 15.7. The molecule has 0 amide bonds. The molecular weight excluding hydrogens is 430 g/mol. The van der Waals surface area contributed by atoms with Gasteiger partial charge in [0.05, 0.1) is 29.7 Å². The molecule has 0 bridgehead atoms. The molecule has 2 heterocycles. The summed E-state index contributed by atoms with van der Waals surface area (Å²) in [5, 5.41) is 0.625. The lowest BCUT2D eigenvalue weighted by Gasteiger charge is -2.13. The van der Waals surface area contributed by atoms with Crippen LogP contribution in [0.3, 0.4) is 0 Å². The van der Waals surface area contributed by atoms with Crippen LogP contribution in [-0.4, -0.2) is 9.55 Å². The van der Waals surface area contributed by atoms with Crippen molar-refractivity contribution in [1.29, 1.82) is 0 Å². The van der Waals surface area contributed by atoms with Crippen molar-refractivity contribution in [3.8, 4) is 22.4 Å². The number of nitrogens with zero attached hydrogens (tertiary/aromatic N) is 2. The summed E-state index contributed by atoms with van der Waals surface area (Å²) in [6, 6.07) is 32.4. The Kier molecular flexibility index (Phi) is 6.68. The lowest BCUT2D eigenvalue weighted by atomic mass is 9.97. The molecule has 3 N–H and O–H groups in total. The zero-order valence-electron chi connectivity index (χ0n) is 18.1. The van der Waals surface area contributed by atoms with E-state index in [9.17, 15) is 4.79 Å². The lowest BCUT2D eigenvalue weighted by Crippen LogP contribution is -3.00. The molecule has 2 aromatic heterocycles. The first-order valence-electron chi connectivity index (χ1n) is 10.7. The van der Waals surface area contributed by atoms with Crippen LogP contribution in [0.4, 0.5) is 0 Å². The van der Waals surface area contributed by atoms with Gasteiger partial charge < -0.3 is 22.7 Å². The molecule has 0 aliphatic carbocycles. The fourth-order valence-electron chi connectivity index (χ4n) is 4.00. The minimum atomic E-state index is -0.0324. The maximum atomic E-state index is 13.4. The van der Waals surface area contributed by atoms with Crippen molar-refractivity contribution in [3.63, 3.8) is 0 Å². The van der Waals surface area contributed by atoms with Crippen molar-refractivity contribution in [3.05, 3.63) is 125 Å². The van der Waals surface area contributed by atoms with Crippen LogP contribution < -0.4 is 23.7 Å². The van der Waals surface area contributed by atoms with Gasteiger partial charge in [-0.2, -0.15) is 0 Å². The van der Waals surface area contributed by atoms with Gasteiger partial charge in [-0.3, -0.25) is 4.79 Å². The van der Waals surface area contributed by atoms with Gasteiger partial charge in [0.25, 0.3) is 5.56 Å². The average molecular weight is 454 g/mol. The molecule has 3 aromatic carbocycles. The second kappa shape index (κ2) is 9.82. The Hall–Kier alpha value is -3.73. The summed E-state index contributed by atoms with van der Waals surface area (Å²) in [5.74, 6) is 0. The highest BCUT2D eigenvalue weighted by Crippen LogP contribution is 2.32. The molecule has 0 radical (unpaired) electrons. The molecule has 5 aromatic rings. The van der Waals surface area contributed by atoms with Crippen LogP contribution in [0.1, 0.15) is 11.1 Å². The predicted octanol–water partition coefficient (Wildman–Crippen LogP) is 1.52. The molecule has 0 fully saturated rings. The van der Waals surface area contributed by atoms with Crippen LogP contribution in [0.5, 0.6) is 0 Å². The highest BCUT2D eigenvalue weighted by atomic mass is 35.5. The molecule has 4 nitrogen and oxygen atoms in total. The highest BCUT2D eigenvalue weighted by Gasteiger charge is 2.14. The van der Waals surface area contributed by atoms with Gasteiger partial charge in [0.15, 0.2) is 0 Å². The number of aromatic nitrogens is 2. The van der Waals surface area contributed by atoms with Gasteiger partial charge in [-0.15, -0.1) is 0 Å². The van der Waals surface area contributed by atoms with Crippen molar-refractivity contribution < 1.29 is 18.1 Å². The zero-order chi connectivity index (χ0) is 21.9. The first-order valence-corrected chi connectivity index (χ1v) is 10.7. The minimum Gasteiger partial charge on any atom is -1.00 e. The number of benzene rings is 3. The van der Waals surface area contributed by atoms with Crippen LogP contribution >= 0.6 is 0 Å². The molecule has 0 saturated heterocycles. The topological polar surface area (TPSA) is 62.5 Å². The van der Waals surface area contributed by atoms with Gasteiger partial charge in [0, 0.05) is 22.9 Å². The van der Waals surface area contributed by atoms with E-state index in [-0.39, 0.29) is 18.0 Å². The average Bonchev–Trinajstić information content (AvgIpc) is 2.86. The number of pyridine rings is 2. The third-order valence-corrected chi connectivity index (χ3v) is 5.75. The zero-order valence-corrected chi connectivity index (χ0v) is 18.9. The third kappa shape index (κ3) is 4.58. The Balaban J connectivity index is 0.00000259. The summed E-state index contributed by atoms with van der Waals surface area (Å²) in [6.45, 7) is 1.28. The largest absolute Gasteiger partial charge is 1.00 e. The van der Waals surface area contributed by atoms with Gasteiger partial charge >= 0.3 is 0 Å². The Labute approximate surface area is 198 Å². The number of rotatable bonds is 5. The second-order valence-electron chi connectivity index (χ2n) is 7.86.